The zero-order valence-electron chi connectivity index (χ0n) is 9.52. The number of halogens is 1. The predicted molar refractivity (Wildman–Crippen MR) is 72.7 cm³/mol. The molecule has 2 rings (SSSR count). The van der Waals surface area contributed by atoms with Gasteiger partial charge in [0.1, 0.15) is 0 Å². The van der Waals surface area contributed by atoms with Gasteiger partial charge in [0.25, 0.3) is 0 Å². The molecule has 1 aromatic heterocycles. The van der Waals surface area contributed by atoms with Crippen LogP contribution in [0.1, 0.15) is 17.7 Å². The Morgan fingerprint density at radius 2 is 2.29 bits per heavy atom. The van der Waals surface area contributed by atoms with Crippen LogP contribution < -0.4 is 5.73 Å². The fraction of sp³-hybridized carbons (Fsp3) is 0.600. The molecule has 4 nitrogen and oxygen atoms in total. The molecule has 2 heterocycles. The van der Waals surface area contributed by atoms with Crippen LogP contribution in [0.2, 0.25) is 0 Å². The Bertz CT molecular complexity index is 512. The van der Waals surface area contributed by atoms with Crippen molar-refractivity contribution in [2.45, 2.75) is 30.7 Å². The Morgan fingerprint density at radius 3 is 2.82 bits per heavy atom. The van der Waals surface area contributed by atoms with Gasteiger partial charge in [-0.15, -0.1) is 11.3 Å². The van der Waals surface area contributed by atoms with Crippen molar-refractivity contribution in [1.29, 1.82) is 0 Å². The summed E-state index contributed by atoms with van der Waals surface area (Å²) in [6.45, 7) is 2.82. The van der Waals surface area contributed by atoms with Crippen LogP contribution in [0.3, 0.4) is 0 Å². The minimum atomic E-state index is -3.37. The second-order valence-electron chi connectivity index (χ2n) is 4.24. The third kappa shape index (κ3) is 2.73. The van der Waals surface area contributed by atoms with E-state index < -0.39 is 10.0 Å². The Morgan fingerprint density at radius 1 is 1.59 bits per heavy atom. The lowest BCUT2D eigenvalue weighted by Gasteiger charge is -2.29. The summed E-state index contributed by atoms with van der Waals surface area (Å²) < 4.78 is 27.2. The average molecular weight is 339 g/mol. The van der Waals surface area contributed by atoms with Crippen LogP contribution in [0.4, 0.5) is 0 Å². The van der Waals surface area contributed by atoms with E-state index in [1.807, 2.05) is 6.92 Å². The Hall–Kier alpha value is 0.0500. The normalized spacial score (nSPS) is 22.9. The first kappa shape index (κ1) is 13.5. The molecule has 0 bridgehead atoms. The van der Waals surface area contributed by atoms with E-state index in [1.54, 1.807) is 6.07 Å². The topological polar surface area (TPSA) is 63.4 Å². The highest BCUT2D eigenvalue weighted by molar-refractivity contribution is 9.11. The average Bonchev–Trinajstić information content (AvgIpc) is 2.58. The molecule has 0 aromatic carbocycles. The molecular formula is C10H15BrN2O2S2. The van der Waals surface area contributed by atoms with Crippen LogP contribution in [0.15, 0.2) is 14.7 Å². The van der Waals surface area contributed by atoms with Crippen LogP contribution in [-0.2, 0) is 10.0 Å². The van der Waals surface area contributed by atoms with E-state index >= 15 is 0 Å². The monoisotopic (exact) mass is 338 g/mol. The minimum absolute atomic E-state index is 0.0408. The molecule has 0 aliphatic carbocycles. The molecule has 0 amide bonds. The van der Waals surface area contributed by atoms with Gasteiger partial charge in [0.15, 0.2) is 0 Å². The Balaban J connectivity index is 2.33. The fourth-order valence-electron chi connectivity index (χ4n) is 2.02. The molecule has 0 saturated carbocycles. The summed E-state index contributed by atoms with van der Waals surface area (Å²) in [5.41, 5.74) is 5.83. The number of hydrogen-bond acceptors (Lipinski definition) is 4. The maximum absolute atomic E-state index is 12.4. The highest BCUT2D eigenvalue weighted by atomic mass is 79.9. The van der Waals surface area contributed by atoms with Gasteiger partial charge in [0.2, 0.25) is 10.0 Å². The number of nitrogens with two attached hydrogens (primary N) is 1. The van der Waals surface area contributed by atoms with Gasteiger partial charge in [-0.1, -0.05) is 0 Å². The smallest absolute Gasteiger partial charge is 0.244 e. The molecule has 0 unspecified atom stereocenters. The van der Waals surface area contributed by atoms with Crippen molar-refractivity contribution >= 4 is 37.3 Å². The first-order valence-electron chi connectivity index (χ1n) is 5.43. The van der Waals surface area contributed by atoms with Gasteiger partial charge >= 0.3 is 0 Å². The molecule has 1 aliphatic heterocycles. The molecule has 1 fully saturated rings. The van der Waals surface area contributed by atoms with Crippen LogP contribution >= 0.6 is 27.3 Å². The predicted octanol–water partition coefficient (Wildman–Crippen LogP) is 1.93. The second kappa shape index (κ2) is 4.97. The van der Waals surface area contributed by atoms with Crippen LogP contribution in [0.5, 0.6) is 0 Å². The van der Waals surface area contributed by atoms with E-state index in [9.17, 15) is 8.42 Å². The van der Waals surface area contributed by atoms with E-state index in [-0.39, 0.29) is 6.04 Å². The van der Waals surface area contributed by atoms with Crippen molar-refractivity contribution in [3.05, 3.63) is 14.7 Å². The summed E-state index contributed by atoms with van der Waals surface area (Å²) >= 11 is 4.76. The summed E-state index contributed by atoms with van der Waals surface area (Å²) in [6.07, 6.45) is 1.74. The molecule has 1 atom stereocenters. The van der Waals surface area contributed by atoms with E-state index in [0.29, 0.717) is 18.0 Å². The minimum Gasteiger partial charge on any atom is -0.327 e. The van der Waals surface area contributed by atoms with Gasteiger partial charge in [0.05, 0.1) is 8.68 Å². The third-order valence-electron chi connectivity index (χ3n) is 2.88. The fourth-order valence-corrected chi connectivity index (χ4v) is 5.94. The van der Waals surface area contributed by atoms with E-state index in [1.165, 1.54) is 15.6 Å². The number of aryl methyl sites for hydroxylation is 1. The van der Waals surface area contributed by atoms with Gasteiger partial charge < -0.3 is 5.73 Å². The molecule has 96 valence electrons. The quantitative estimate of drug-likeness (QED) is 0.896. The lowest BCUT2D eigenvalue weighted by atomic mass is 10.1. The highest BCUT2D eigenvalue weighted by Gasteiger charge is 2.30. The molecule has 0 radical (unpaired) electrons. The zero-order valence-corrected chi connectivity index (χ0v) is 12.7. The van der Waals surface area contributed by atoms with Gasteiger partial charge in [-0.05, 0) is 41.8 Å². The lowest BCUT2D eigenvalue weighted by molar-refractivity contribution is 0.316. The van der Waals surface area contributed by atoms with Crippen LogP contribution in [0, 0.1) is 6.92 Å². The number of sulfonamides is 1. The first-order chi connectivity index (χ1) is 7.91. The number of piperidine rings is 1. The maximum atomic E-state index is 12.4. The summed E-state index contributed by atoms with van der Waals surface area (Å²) in [4.78, 5) is 1.22. The van der Waals surface area contributed by atoms with E-state index in [4.69, 9.17) is 5.73 Å². The molecule has 7 heteroatoms. The second-order valence-corrected chi connectivity index (χ2v) is 8.78. The zero-order chi connectivity index (χ0) is 12.6. The number of nitrogens with zero attached hydrogens (tertiary/aromatic N) is 1. The summed E-state index contributed by atoms with van der Waals surface area (Å²) in [6, 6.07) is 1.64. The van der Waals surface area contributed by atoms with Gasteiger partial charge in [-0.25, -0.2) is 8.42 Å². The standard InChI is InChI=1S/C10H15BrN2O2S2/c1-7-9(5-10(11)16-7)17(14,15)13-4-2-3-8(12)6-13/h5,8H,2-4,6,12H2,1H3/t8-/m1/s1. The Labute approximate surface area is 114 Å². The molecule has 1 saturated heterocycles. The van der Waals surface area contributed by atoms with Gasteiger partial charge in [-0.3, -0.25) is 0 Å². The van der Waals surface area contributed by atoms with Crippen LogP contribution in [-0.4, -0.2) is 31.9 Å². The molecule has 2 N–H and O–H groups in total. The number of rotatable bonds is 2. The first-order valence-corrected chi connectivity index (χ1v) is 8.48. The maximum Gasteiger partial charge on any atom is 0.244 e. The lowest BCUT2D eigenvalue weighted by Crippen LogP contribution is -2.45. The number of thiophene rings is 1. The van der Waals surface area contributed by atoms with Crippen molar-refractivity contribution in [1.82, 2.24) is 4.31 Å². The molecular weight excluding hydrogens is 324 g/mol. The highest BCUT2D eigenvalue weighted by Crippen LogP contribution is 2.32. The third-order valence-corrected chi connectivity index (χ3v) is 6.55. The van der Waals surface area contributed by atoms with E-state index in [0.717, 1.165) is 21.5 Å². The van der Waals surface area contributed by atoms with Gasteiger partial charge in [-0.2, -0.15) is 4.31 Å². The Kier molecular flexibility index (Phi) is 3.94. The van der Waals surface area contributed by atoms with Gasteiger partial charge in [0, 0.05) is 24.0 Å². The van der Waals surface area contributed by atoms with Crippen molar-refractivity contribution in [3.63, 3.8) is 0 Å². The molecule has 17 heavy (non-hydrogen) atoms. The molecule has 1 aliphatic rings. The summed E-state index contributed by atoms with van der Waals surface area (Å²) in [5, 5.41) is 0. The number of hydrogen-bond donors (Lipinski definition) is 1. The van der Waals surface area contributed by atoms with Crippen molar-refractivity contribution in [2.24, 2.45) is 5.73 Å². The van der Waals surface area contributed by atoms with Crippen molar-refractivity contribution in [3.8, 4) is 0 Å². The molecule has 1 aromatic rings. The summed E-state index contributed by atoms with van der Waals surface area (Å²) in [5.74, 6) is 0. The van der Waals surface area contributed by atoms with Crippen molar-refractivity contribution < 1.29 is 8.42 Å². The van der Waals surface area contributed by atoms with Crippen molar-refractivity contribution in [2.75, 3.05) is 13.1 Å². The van der Waals surface area contributed by atoms with Crippen LogP contribution in [0.25, 0.3) is 0 Å². The largest absolute Gasteiger partial charge is 0.327 e. The SMILES string of the molecule is Cc1sc(Br)cc1S(=O)(=O)N1CCC[C@@H](N)C1. The summed E-state index contributed by atoms with van der Waals surface area (Å²) in [7, 11) is -3.37. The molecule has 0 spiro atoms. The van der Waals surface area contributed by atoms with E-state index in [2.05, 4.69) is 15.9 Å².